The van der Waals surface area contributed by atoms with E-state index in [2.05, 4.69) is 38.2 Å². The van der Waals surface area contributed by atoms with Gasteiger partial charge in [-0.2, -0.15) is 0 Å². The van der Waals surface area contributed by atoms with Crippen molar-refractivity contribution in [3.05, 3.63) is 23.8 Å². The van der Waals surface area contributed by atoms with Gasteiger partial charge in [-0.3, -0.25) is 4.79 Å². The number of carboxylic acids is 1. The van der Waals surface area contributed by atoms with E-state index in [9.17, 15) is 19.8 Å². The molecular formula is C33H58N2O8. The van der Waals surface area contributed by atoms with Crippen LogP contribution in [-0.2, 0) is 20.7 Å². The van der Waals surface area contributed by atoms with Crippen molar-refractivity contribution in [2.24, 2.45) is 17.8 Å². The number of unbranched alkanes of at least 4 members (excludes halogenated alkanes) is 1. The summed E-state index contributed by atoms with van der Waals surface area (Å²) in [6.07, 6.45) is 2.17. The Morgan fingerprint density at radius 1 is 0.953 bits per heavy atom. The minimum atomic E-state index is -1.05. The first-order valence-electron chi connectivity index (χ1n) is 15.6. The van der Waals surface area contributed by atoms with Crippen molar-refractivity contribution in [1.29, 1.82) is 0 Å². The van der Waals surface area contributed by atoms with Crippen LogP contribution in [0.25, 0.3) is 0 Å². The van der Waals surface area contributed by atoms with Crippen LogP contribution in [-0.4, -0.2) is 92.5 Å². The molecule has 43 heavy (non-hydrogen) atoms. The van der Waals surface area contributed by atoms with Gasteiger partial charge in [0.15, 0.2) is 11.5 Å². The normalized spacial score (nSPS) is 14.7. The van der Waals surface area contributed by atoms with Gasteiger partial charge in [0, 0.05) is 20.1 Å². The number of carbonyl (C=O) groups excluding carboxylic acids is 1. The highest BCUT2D eigenvalue weighted by atomic mass is 16.6. The number of aliphatic carboxylic acids is 1. The van der Waals surface area contributed by atoms with Gasteiger partial charge >= 0.3 is 12.1 Å². The van der Waals surface area contributed by atoms with Gasteiger partial charge in [-0.1, -0.05) is 26.8 Å². The Labute approximate surface area is 259 Å². The Hall–Kier alpha value is -2.56. The third-order valence-electron chi connectivity index (χ3n) is 7.20. The van der Waals surface area contributed by atoms with E-state index < -0.39 is 35.7 Å². The summed E-state index contributed by atoms with van der Waals surface area (Å²) < 4.78 is 22.8. The monoisotopic (exact) mass is 610 g/mol. The second-order valence-electron chi connectivity index (χ2n) is 13.1. The van der Waals surface area contributed by atoms with Crippen LogP contribution in [0.15, 0.2) is 18.2 Å². The standard InChI is InChI=1S/C33H58N2O8/c1-23(2)26(22-27(28(36)19-24(3)31(37)38)34-32(39)43-33(4,5)6)20-25-13-14-29(41-17-11-10-15-35(7)8)30(21-25)42-18-12-16-40-9/h13-14,21,23-24,26-28,36H,10-12,15-20,22H2,1-9H3,(H,34,39)(H,37,38)/t24-,26+,27+,28+/m1/s1. The Kier molecular flexibility index (Phi) is 17.6. The van der Waals surface area contributed by atoms with Crippen LogP contribution in [0.1, 0.15) is 79.2 Å². The number of nitrogens with zero attached hydrogens (tertiary/aromatic N) is 1. The minimum absolute atomic E-state index is 0.0145. The quantitative estimate of drug-likeness (QED) is 0.157. The van der Waals surface area contributed by atoms with Crippen molar-refractivity contribution in [3.63, 3.8) is 0 Å². The SMILES string of the molecule is COCCCOc1cc(C[C@@H](C[C@H](NC(=O)OC(C)(C)C)[C@@H](O)C[C@@H](C)C(=O)O)C(C)C)ccc1OCCCCN(C)C. The highest BCUT2D eigenvalue weighted by Gasteiger charge is 2.31. The minimum Gasteiger partial charge on any atom is -0.490 e. The Morgan fingerprint density at radius 3 is 2.19 bits per heavy atom. The topological polar surface area (TPSA) is 127 Å². The van der Waals surface area contributed by atoms with Crippen LogP contribution in [0.3, 0.4) is 0 Å². The molecule has 0 fully saturated rings. The summed E-state index contributed by atoms with van der Waals surface area (Å²) in [4.78, 5) is 26.3. The third kappa shape index (κ3) is 16.8. The molecule has 0 radical (unpaired) electrons. The van der Waals surface area contributed by atoms with E-state index in [0.717, 1.165) is 31.4 Å². The summed E-state index contributed by atoms with van der Waals surface area (Å²) in [5.74, 6) is -0.0890. The van der Waals surface area contributed by atoms with Crippen molar-refractivity contribution in [3.8, 4) is 11.5 Å². The summed E-state index contributed by atoms with van der Waals surface area (Å²) in [5.41, 5.74) is 0.339. The highest BCUT2D eigenvalue weighted by Crippen LogP contribution is 2.32. The molecule has 1 rings (SSSR count). The number of amides is 1. The fourth-order valence-corrected chi connectivity index (χ4v) is 4.63. The number of hydrogen-bond acceptors (Lipinski definition) is 8. The molecule has 0 heterocycles. The molecule has 248 valence electrons. The average molecular weight is 611 g/mol. The summed E-state index contributed by atoms with van der Waals surface area (Å²) >= 11 is 0. The largest absolute Gasteiger partial charge is 0.490 e. The maximum absolute atomic E-state index is 12.7. The van der Waals surface area contributed by atoms with E-state index in [1.165, 1.54) is 0 Å². The van der Waals surface area contributed by atoms with Crippen molar-refractivity contribution >= 4 is 12.1 Å². The number of benzene rings is 1. The zero-order valence-electron chi connectivity index (χ0n) is 28.0. The lowest BCUT2D eigenvalue weighted by Gasteiger charge is -2.32. The molecule has 0 saturated carbocycles. The number of ether oxygens (including phenoxy) is 4. The predicted octanol–water partition coefficient (Wildman–Crippen LogP) is 5.39. The first kappa shape index (κ1) is 38.5. The second-order valence-corrected chi connectivity index (χ2v) is 13.1. The van der Waals surface area contributed by atoms with E-state index in [0.29, 0.717) is 44.2 Å². The Bertz CT molecular complexity index is 947. The van der Waals surface area contributed by atoms with Gasteiger partial charge in [-0.05, 0) is 103 Å². The van der Waals surface area contributed by atoms with Gasteiger partial charge in [0.25, 0.3) is 0 Å². The molecule has 0 aliphatic rings. The van der Waals surface area contributed by atoms with Crippen LogP contribution in [0.5, 0.6) is 11.5 Å². The first-order chi connectivity index (χ1) is 20.1. The molecule has 0 aromatic heterocycles. The molecule has 0 unspecified atom stereocenters. The number of hydrogen-bond donors (Lipinski definition) is 3. The van der Waals surface area contributed by atoms with E-state index in [1.54, 1.807) is 34.8 Å². The molecule has 10 heteroatoms. The maximum Gasteiger partial charge on any atom is 0.407 e. The van der Waals surface area contributed by atoms with Gasteiger partial charge in [0.05, 0.1) is 31.3 Å². The lowest BCUT2D eigenvalue weighted by molar-refractivity contribution is -0.142. The number of alkyl carbamates (subject to hydrolysis) is 1. The van der Waals surface area contributed by atoms with Gasteiger partial charge < -0.3 is 39.4 Å². The molecule has 0 saturated heterocycles. The molecule has 0 bridgehead atoms. The van der Waals surface area contributed by atoms with Gasteiger partial charge in [0.1, 0.15) is 5.60 Å². The van der Waals surface area contributed by atoms with E-state index >= 15 is 0 Å². The fraction of sp³-hybridized carbons (Fsp3) is 0.758. The number of aliphatic hydroxyl groups is 1. The molecule has 3 N–H and O–H groups in total. The van der Waals surface area contributed by atoms with Gasteiger partial charge in [-0.15, -0.1) is 0 Å². The molecule has 1 aromatic rings. The number of rotatable bonds is 21. The lowest BCUT2D eigenvalue weighted by Crippen LogP contribution is -2.47. The van der Waals surface area contributed by atoms with Gasteiger partial charge in [-0.25, -0.2) is 4.79 Å². The van der Waals surface area contributed by atoms with Crippen LogP contribution in [0.2, 0.25) is 0 Å². The first-order valence-corrected chi connectivity index (χ1v) is 15.6. The zero-order chi connectivity index (χ0) is 32.6. The summed E-state index contributed by atoms with van der Waals surface area (Å²) in [7, 11) is 5.78. The molecule has 0 spiro atoms. The van der Waals surface area contributed by atoms with Crippen molar-refractivity contribution < 1.29 is 38.7 Å². The van der Waals surface area contributed by atoms with E-state index in [-0.39, 0.29) is 18.3 Å². The summed E-state index contributed by atoms with van der Waals surface area (Å²) in [6, 6.07) is 5.31. The lowest BCUT2D eigenvalue weighted by atomic mass is 9.82. The van der Waals surface area contributed by atoms with Crippen molar-refractivity contribution in [2.45, 2.75) is 97.8 Å². The molecule has 4 atom stereocenters. The van der Waals surface area contributed by atoms with Crippen LogP contribution < -0.4 is 14.8 Å². The molecule has 0 aliphatic carbocycles. The third-order valence-corrected chi connectivity index (χ3v) is 7.20. The number of nitrogens with one attached hydrogen (secondary N) is 1. The highest BCUT2D eigenvalue weighted by molar-refractivity contribution is 5.70. The van der Waals surface area contributed by atoms with Crippen molar-refractivity contribution in [2.75, 3.05) is 47.6 Å². The smallest absolute Gasteiger partial charge is 0.407 e. The molecular weight excluding hydrogens is 552 g/mol. The van der Waals surface area contributed by atoms with Crippen LogP contribution in [0, 0.1) is 17.8 Å². The molecule has 1 aromatic carbocycles. The second kappa shape index (κ2) is 19.7. The molecule has 10 nitrogen and oxygen atoms in total. The van der Waals surface area contributed by atoms with E-state index in [1.807, 2.05) is 18.2 Å². The molecule has 0 aliphatic heterocycles. The van der Waals surface area contributed by atoms with Crippen LogP contribution in [0.4, 0.5) is 4.79 Å². The number of methoxy groups -OCH3 is 1. The maximum atomic E-state index is 12.7. The van der Waals surface area contributed by atoms with Crippen LogP contribution >= 0.6 is 0 Å². The Morgan fingerprint density at radius 2 is 1.60 bits per heavy atom. The molecule has 1 amide bonds. The zero-order valence-corrected chi connectivity index (χ0v) is 28.0. The average Bonchev–Trinajstić information content (AvgIpc) is 2.89. The van der Waals surface area contributed by atoms with E-state index in [4.69, 9.17) is 18.9 Å². The summed E-state index contributed by atoms with van der Waals surface area (Å²) in [6.45, 7) is 13.8. The predicted molar refractivity (Wildman–Crippen MR) is 169 cm³/mol. The number of carbonyl (C=O) groups is 2. The number of aliphatic hydroxyl groups excluding tert-OH is 1. The number of carboxylic acid groups (broad SMARTS) is 1. The Balaban J connectivity index is 3.14. The van der Waals surface area contributed by atoms with Crippen molar-refractivity contribution in [1.82, 2.24) is 10.2 Å². The fourth-order valence-electron chi connectivity index (χ4n) is 4.63. The van der Waals surface area contributed by atoms with Gasteiger partial charge in [0.2, 0.25) is 0 Å². The summed E-state index contributed by atoms with van der Waals surface area (Å²) in [5, 5.41) is 23.3.